The third kappa shape index (κ3) is 9.05. The number of amides is 2. The van der Waals surface area contributed by atoms with E-state index in [0.29, 0.717) is 25.9 Å². The molecule has 5 nitrogen and oxygen atoms in total. The van der Waals surface area contributed by atoms with E-state index in [4.69, 9.17) is 0 Å². The van der Waals surface area contributed by atoms with Crippen molar-refractivity contribution < 1.29 is 9.59 Å². The van der Waals surface area contributed by atoms with Gasteiger partial charge in [-0.25, -0.2) is 0 Å². The maximum atomic E-state index is 11.7. The van der Waals surface area contributed by atoms with E-state index < -0.39 is 0 Å². The monoisotopic (exact) mass is 313 g/mol. The Hall–Kier alpha value is -1.59. The van der Waals surface area contributed by atoms with Crippen LogP contribution in [0.5, 0.6) is 0 Å². The van der Waals surface area contributed by atoms with Gasteiger partial charge < -0.3 is 16.0 Å². The molecule has 0 radical (unpaired) electrons. The number of carbonyl (C=O) groups excluding carboxylic acids is 2. The van der Waals surface area contributed by atoms with Crippen LogP contribution in [0.2, 0.25) is 0 Å². The smallest absolute Gasteiger partial charge is 0.224 e. The molecule has 1 atom stereocenters. The molecule has 21 heavy (non-hydrogen) atoms. The van der Waals surface area contributed by atoms with Crippen LogP contribution in [0.1, 0.15) is 18.9 Å². The number of halogens is 1. The first-order valence-electron chi connectivity index (χ1n) is 6.86. The second-order valence-electron chi connectivity index (χ2n) is 4.76. The molecular formula is C15H24ClN3O2. The van der Waals surface area contributed by atoms with Crippen molar-refractivity contribution in [3.05, 3.63) is 35.9 Å². The molecule has 0 saturated heterocycles. The third-order valence-electron chi connectivity index (χ3n) is 2.98. The van der Waals surface area contributed by atoms with Gasteiger partial charge in [0.05, 0.1) is 6.42 Å². The first kappa shape index (κ1) is 19.4. The van der Waals surface area contributed by atoms with Crippen molar-refractivity contribution in [2.45, 2.75) is 25.8 Å². The van der Waals surface area contributed by atoms with E-state index in [1.54, 1.807) is 0 Å². The van der Waals surface area contributed by atoms with E-state index in [0.717, 1.165) is 5.56 Å². The maximum Gasteiger partial charge on any atom is 0.224 e. The molecule has 0 bridgehead atoms. The van der Waals surface area contributed by atoms with Gasteiger partial charge in [0.15, 0.2) is 0 Å². The normalized spacial score (nSPS) is 11.1. The summed E-state index contributed by atoms with van der Waals surface area (Å²) < 4.78 is 0. The molecule has 0 aliphatic heterocycles. The van der Waals surface area contributed by atoms with Crippen LogP contribution < -0.4 is 16.0 Å². The second-order valence-corrected chi connectivity index (χ2v) is 4.76. The van der Waals surface area contributed by atoms with Crippen molar-refractivity contribution in [2.75, 3.05) is 20.1 Å². The van der Waals surface area contributed by atoms with Crippen LogP contribution in [0.3, 0.4) is 0 Å². The molecule has 1 unspecified atom stereocenters. The number of carbonyl (C=O) groups is 2. The van der Waals surface area contributed by atoms with Crippen LogP contribution in [0, 0.1) is 0 Å². The molecule has 0 spiro atoms. The van der Waals surface area contributed by atoms with Crippen LogP contribution >= 0.6 is 12.4 Å². The van der Waals surface area contributed by atoms with Crippen LogP contribution in [0.25, 0.3) is 0 Å². The predicted octanol–water partition coefficient (Wildman–Crippen LogP) is 0.881. The number of benzene rings is 1. The summed E-state index contributed by atoms with van der Waals surface area (Å²) in [6, 6.07) is 9.78. The molecule has 3 N–H and O–H groups in total. The van der Waals surface area contributed by atoms with E-state index in [1.807, 2.05) is 44.3 Å². The fourth-order valence-electron chi connectivity index (χ4n) is 1.62. The molecule has 0 saturated carbocycles. The minimum atomic E-state index is -0.0624. The summed E-state index contributed by atoms with van der Waals surface area (Å²) >= 11 is 0. The van der Waals surface area contributed by atoms with Gasteiger partial charge in [-0.1, -0.05) is 30.3 Å². The number of hydrogen-bond donors (Lipinski definition) is 3. The van der Waals surface area contributed by atoms with E-state index in [2.05, 4.69) is 16.0 Å². The lowest BCUT2D eigenvalue weighted by Crippen LogP contribution is -2.38. The Kier molecular flexibility index (Phi) is 10.3. The van der Waals surface area contributed by atoms with Crippen LogP contribution in [0.4, 0.5) is 0 Å². The van der Waals surface area contributed by atoms with Gasteiger partial charge in [0, 0.05) is 25.6 Å². The zero-order valence-corrected chi connectivity index (χ0v) is 13.3. The number of nitrogens with one attached hydrogen (secondary N) is 3. The van der Waals surface area contributed by atoms with Gasteiger partial charge in [-0.3, -0.25) is 9.59 Å². The van der Waals surface area contributed by atoms with Gasteiger partial charge >= 0.3 is 0 Å². The SMILES string of the molecule is CNC(C)CNC(=O)CCNC(=O)Cc1ccccc1.Cl. The first-order chi connectivity index (χ1) is 9.61. The topological polar surface area (TPSA) is 70.2 Å². The molecule has 1 rings (SSSR count). The van der Waals surface area contributed by atoms with Gasteiger partial charge in [0.2, 0.25) is 11.8 Å². The fourth-order valence-corrected chi connectivity index (χ4v) is 1.62. The van der Waals surface area contributed by atoms with Gasteiger partial charge in [-0.2, -0.15) is 0 Å². The molecule has 1 aromatic rings. The second kappa shape index (κ2) is 11.1. The summed E-state index contributed by atoms with van der Waals surface area (Å²) in [6.45, 7) is 2.95. The fraction of sp³-hybridized carbons (Fsp3) is 0.467. The molecule has 1 aromatic carbocycles. The average Bonchev–Trinajstić information content (AvgIpc) is 2.45. The Morgan fingerprint density at radius 3 is 2.38 bits per heavy atom. The minimum absolute atomic E-state index is 0. The quantitative estimate of drug-likeness (QED) is 0.667. The van der Waals surface area contributed by atoms with Gasteiger partial charge in [-0.05, 0) is 19.5 Å². The van der Waals surface area contributed by atoms with Crippen molar-refractivity contribution in [3.8, 4) is 0 Å². The van der Waals surface area contributed by atoms with Crippen molar-refractivity contribution in [2.24, 2.45) is 0 Å². The lowest BCUT2D eigenvalue weighted by Gasteiger charge is -2.11. The van der Waals surface area contributed by atoms with Crippen LogP contribution in [-0.2, 0) is 16.0 Å². The Bertz CT molecular complexity index is 426. The highest BCUT2D eigenvalue weighted by molar-refractivity contribution is 5.85. The lowest BCUT2D eigenvalue weighted by atomic mass is 10.1. The Morgan fingerprint density at radius 1 is 1.10 bits per heavy atom. The highest BCUT2D eigenvalue weighted by atomic mass is 35.5. The summed E-state index contributed by atoms with van der Waals surface area (Å²) in [5.41, 5.74) is 0.970. The Balaban J connectivity index is 0.00000400. The van der Waals surface area contributed by atoms with Crippen LogP contribution in [-0.4, -0.2) is 38.0 Å². The highest BCUT2D eigenvalue weighted by Crippen LogP contribution is 1.98. The van der Waals surface area contributed by atoms with Crippen molar-refractivity contribution in [1.29, 1.82) is 0 Å². The largest absolute Gasteiger partial charge is 0.355 e. The number of rotatable bonds is 8. The molecule has 6 heteroatoms. The van der Waals surface area contributed by atoms with E-state index in [9.17, 15) is 9.59 Å². The van der Waals surface area contributed by atoms with E-state index in [1.165, 1.54) is 0 Å². The van der Waals surface area contributed by atoms with Crippen molar-refractivity contribution in [3.63, 3.8) is 0 Å². The van der Waals surface area contributed by atoms with Gasteiger partial charge in [0.25, 0.3) is 0 Å². The summed E-state index contributed by atoms with van der Waals surface area (Å²) in [6.07, 6.45) is 0.649. The minimum Gasteiger partial charge on any atom is -0.355 e. The molecule has 0 aromatic heterocycles. The number of hydrogen-bond acceptors (Lipinski definition) is 3. The van der Waals surface area contributed by atoms with E-state index in [-0.39, 0.29) is 30.3 Å². The van der Waals surface area contributed by atoms with Crippen LogP contribution in [0.15, 0.2) is 30.3 Å². The summed E-state index contributed by atoms with van der Waals surface area (Å²) in [5, 5.41) is 8.59. The first-order valence-corrected chi connectivity index (χ1v) is 6.86. The summed E-state index contributed by atoms with van der Waals surface area (Å²) in [4.78, 5) is 23.2. The molecule has 118 valence electrons. The molecule has 2 amide bonds. The maximum absolute atomic E-state index is 11.7. The molecule has 0 aliphatic rings. The standard InChI is InChI=1S/C15H23N3O2.ClH/c1-12(16-2)11-18-14(19)8-9-17-15(20)10-13-6-4-3-5-7-13;/h3-7,12,16H,8-11H2,1-2H3,(H,17,20)(H,18,19);1H. The molecule has 0 fully saturated rings. The predicted molar refractivity (Wildman–Crippen MR) is 86.6 cm³/mol. The number of likely N-dealkylation sites (N-methyl/N-ethyl adjacent to an activating group) is 1. The lowest BCUT2D eigenvalue weighted by molar-refractivity contribution is -0.122. The van der Waals surface area contributed by atoms with Crippen molar-refractivity contribution in [1.82, 2.24) is 16.0 Å². The zero-order chi connectivity index (χ0) is 14.8. The molecule has 0 heterocycles. The highest BCUT2D eigenvalue weighted by Gasteiger charge is 2.06. The average molecular weight is 314 g/mol. The van der Waals surface area contributed by atoms with E-state index >= 15 is 0 Å². The van der Waals surface area contributed by atoms with Gasteiger partial charge in [-0.15, -0.1) is 12.4 Å². The van der Waals surface area contributed by atoms with Gasteiger partial charge in [0.1, 0.15) is 0 Å². The third-order valence-corrected chi connectivity index (χ3v) is 2.98. The summed E-state index contributed by atoms with van der Waals surface area (Å²) in [7, 11) is 1.85. The summed E-state index contributed by atoms with van der Waals surface area (Å²) in [5.74, 6) is -0.111. The molecular weight excluding hydrogens is 290 g/mol. The Labute approximate surface area is 132 Å². The molecule has 0 aliphatic carbocycles. The Morgan fingerprint density at radius 2 is 1.76 bits per heavy atom. The zero-order valence-electron chi connectivity index (χ0n) is 12.5. The van der Waals surface area contributed by atoms with Crippen molar-refractivity contribution >= 4 is 24.2 Å².